The topological polar surface area (TPSA) is 59.0 Å². The number of nitrogens with one attached hydrogen (secondary N) is 2. The van der Waals surface area contributed by atoms with Crippen LogP contribution < -0.4 is 10.6 Å². The van der Waals surface area contributed by atoms with Gasteiger partial charge in [0.05, 0.1) is 10.6 Å². The van der Waals surface area contributed by atoms with E-state index in [0.717, 1.165) is 40.3 Å². The minimum absolute atomic E-state index is 0.0457. The highest BCUT2D eigenvalue weighted by molar-refractivity contribution is 7.20. The highest BCUT2D eigenvalue weighted by Gasteiger charge is 2.24. The Morgan fingerprint density at radius 3 is 3.10 bits per heavy atom. The van der Waals surface area contributed by atoms with Crippen molar-refractivity contribution in [2.75, 3.05) is 13.1 Å². The zero-order valence-corrected chi connectivity index (χ0v) is 12.9. The van der Waals surface area contributed by atoms with E-state index in [9.17, 15) is 4.79 Å². The second-order valence-corrected chi connectivity index (χ2v) is 6.62. The molecule has 1 aliphatic rings. The van der Waals surface area contributed by atoms with E-state index in [1.165, 1.54) is 11.3 Å². The Bertz CT molecular complexity index is 610. The molecule has 108 valence electrons. The minimum atomic E-state index is 0.0457. The summed E-state index contributed by atoms with van der Waals surface area (Å²) in [6.45, 7) is 6.10. The first-order valence-corrected chi connectivity index (χ1v) is 7.82. The van der Waals surface area contributed by atoms with Crippen LogP contribution in [0.2, 0.25) is 0 Å². The van der Waals surface area contributed by atoms with Crippen molar-refractivity contribution in [2.45, 2.75) is 26.3 Å². The lowest BCUT2D eigenvalue weighted by atomic mass is 9.95. The molecule has 3 heterocycles. The SMILES string of the molecule is Cc1nn(C)c2sc(C(=O)NC3CCNCC3C)cc12. The van der Waals surface area contributed by atoms with Gasteiger partial charge in [-0.2, -0.15) is 5.10 Å². The van der Waals surface area contributed by atoms with E-state index in [1.807, 2.05) is 24.7 Å². The molecule has 0 aromatic carbocycles. The summed E-state index contributed by atoms with van der Waals surface area (Å²) in [5.41, 5.74) is 0.980. The molecule has 0 bridgehead atoms. The number of hydrogen-bond acceptors (Lipinski definition) is 4. The molecule has 2 unspecified atom stereocenters. The quantitative estimate of drug-likeness (QED) is 0.885. The summed E-state index contributed by atoms with van der Waals surface area (Å²) < 4.78 is 1.85. The summed E-state index contributed by atoms with van der Waals surface area (Å²) in [5, 5.41) is 12.0. The number of aryl methyl sites for hydroxylation is 2. The van der Waals surface area contributed by atoms with Crippen LogP contribution >= 0.6 is 11.3 Å². The molecule has 5 nitrogen and oxygen atoms in total. The molecule has 1 amide bonds. The smallest absolute Gasteiger partial charge is 0.261 e. The molecule has 0 spiro atoms. The Hall–Kier alpha value is -1.40. The maximum atomic E-state index is 12.4. The minimum Gasteiger partial charge on any atom is -0.348 e. The summed E-state index contributed by atoms with van der Waals surface area (Å²) in [7, 11) is 1.92. The molecule has 2 atom stereocenters. The number of nitrogens with zero attached hydrogens (tertiary/aromatic N) is 2. The molecule has 0 saturated carbocycles. The van der Waals surface area contributed by atoms with Gasteiger partial charge in [0.2, 0.25) is 0 Å². The molecular formula is C14H20N4OS. The molecule has 20 heavy (non-hydrogen) atoms. The van der Waals surface area contributed by atoms with Crippen LogP contribution in [-0.4, -0.2) is 34.8 Å². The van der Waals surface area contributed by atoms with E-state index in [1.54, 1.807) is 0 Å². The van der Waals surface area contributed by atoms with Gasteiger partial charge < -0.3 is 10.6 Å². The summed E-state index contributed by atoms with van der Waals surface area (Å²) >= 11 is 1.52. The van der Waals surface area contributed by atoms with Crippen LogP contribution in [-0.2, 0) is 7.05 Å². The van der Waals surface area contributed by atoms with Crippen LogP contribution in [0, 0.1) is 12.8 Å². The second-order valence-electron chi connectivity index (χ2n) is 5.59. The van der Waals surface area contributed by atoms with Crippen molar-refractivity contribution in [3.63, 3.8) is 0 Å². The second kappa shape index (κ2) is 5.18. The molecule has 6 heteroatoms. The molecule has 2 aromatic heterocycles. The predicted molar refractivity (Wildman–Crippen MR) is 81.2 cm³/mol. The van der Waals surface area contributed by atoms with Crippen molar-refractivity contribution in [1.82, 2.24) is 20.4 Å². The Kier molecular flexibility index (Phi) is 3.52. The number of amides is 1. The maximum Gasteiger partial charge on any atom is 0.261 e. The van der Waals surface area contributed by atoms with E-state index in [-0.39, 0.29) is 11.9 Å². The van der Waals surface area contributed by atoms with Gasteiger partial charge in [-0.1, -0.05) is 6.92 Å². The number of aromatic nitrogens is 2. The molecule has 2 aromatic rings. The number of hydrogen-bond donors (Lipinski definition) is 2. The third-order valence-electron chi connectivity index (χ3n) is 4.02. The van der Waals surface area contributed by atoms with Crippen LogP contribution in [0.15, 0.2) is 6.07 Å². The van der Waals surface area contributed by atoms with Gasteiger partial charge in [0.25, 0.3) is 5.91 Å². The Morgan fingerprint density at radius 2 is 2.40 bits per heavy atom. The number of thiophene rings is 1. The summed E-state index contributed by atoms with van der Waals surface area (Å²) in [5.74, 6) is 0.523. The van der Waals surface area contributed by atoms with Gasteiger partial charge in [0.1, 0.15) is 4.83 Å². The van der Waals surface area contributed by atoms with Crippen molar-refractivity contribution < 1.29 is 4.79 Å². The molecule has 1 fully saturated rings. The molecule has 3 rings (SSSR count). The van der Waals surface area contributed by atoms with Crippen molar-refractivity contribution in [3.05, 3.63) is 16.6 Å². The van der Waals surface area contributed by atoms with Gasteiger partial charge in [-0.3, -0.25) is 9.48 Å². The number of carbonyl (C=O) groups excluding carboxylic acids is 1. The lowest BCUT2D eigenvalue weighted by molar-refractivity contribution is 0.0918. The molecule has 1 saturated heterocycles. The van der Waals surface area contributed by atoms with Crippen LogP contribution in [0.1, 0.15) is 28.7 Å². The van der Waals surface area contributed by atoms with Crippen LogP contribution in [0.3, 0.4) is 0 Å². The van der Waals surface area contributed by atoms with E-state index < -0.39 is 0 Å². The van der Waals surface area contributed by atoms with E-state index in [0.29, 0.717) is 5.92 Å². The first-order valence-electron chi connectivity index (χ1n) is 7.01. The fourth-order valence-electron chi connectivity index (χ4n) is 2.79. The van der Waals surface area contributed by atoms with Crippen molar-refractivity contribution in [2.24, 2.45) is 13.0 Å². The average Bonchev–Trinajstić information content (AvgIpc) is 2.95. The van der Waals surface area contributed by atoms with Crippen molar-refractivity contribution in [3.8, 4) is 0 Å². The zero-order valence-electron chi connectivity index (χ0n) is 12.1. The predicted octanol–water partition coefficient (Wildman–Crippen LogP) is 1.67. The van der Waals surface area contributed by atoms with Crippen LogP contribution in [0.5, 0.6) is 0 Å². The van der Waals surface area contributed by atoms with Gasteiger partial charge in [0.15, 0.2) is 0 Å². The third-order valence-corrected chi connectivity index (χ3v) is 5.22. The number of fused-ring (bicyclic) bond motifs is 1. The van der Waals surface area contributed by atoms with Gasteiger partial charge in [-0.05, 0) is 38.4 Å². The van der Waals surface area contributed by atoms with Gasteiger partial charge in [-0.15, -0.1) is 11.3 Å². The third kappa shape index (κ3) is 2.33. The Balaban J connectivity index is 1.80. The van der Waals surface area contributed by atoms with Gasteiger partial charge in [0, 0.05) is 18.5 Å². The summed E-state index contributed by atoms with van der Waals surface area (Å²) in [6.07, 6.45) is 0.998. The molecule has 2 N–H and O–H groups in total. The number of carbonyl (C=O) groups is 1. The average molecular weight is 292 g/mol. The largest absolute Gasteiger partial charge is 0.348 e. The molecular weight excluding hydrogens is 272 g/mol. The molecule has 0 aliphatic carbocycles. The number of piperidine rings is 1. The zero-order chi connectivity index (χ0) is 14.3. The monoisotopic (exact) mass is 292 g/mol. The van der Waals surface area contributed by atoms with E-state index >= 15 is 0 Å². The van der Waals surface area contributed by atoms with Gasteiger partial charge >= 0.3 is 0 Å². The first-order chi connectivity index (χ1) is 9.56. The lowest BCUT2D eigenvalue weighted by Crippen LogP contribution is -2.48. The summed E-state index contributed by atoms with van der Waals surface area (Å²) in [6, 6.07) is 2.23. The van der Waals surface area contributed by atoms with Crippen LogP contribution in [0.25, 0.3) is 10.2 Å². The fourth-order valence-corrected chi connectivity index (χ4v) is 3.81. The lowest BCUT2D eigenvalue weighted by Gasteiger charge is -2.30. The number of rotatable bonds is 2. The van der Waals surface area contributed by atoms with Crippen molar-refractivity contribution in [1.29, 1.82) is 0 Å². The standard InChI is InChI=1S/C14H20N4OS/c1-8-7-15-5-4-11(8)16-13(19)12-6-10-9(2)17-18(3)14(10)20-12/h6,8,11,15H,4-5,7H2,1-3H3,(H,16,19). The highest BCUT2D eigenvalue weighted by atomic mass is 32.1. The highest BCUT2D eigenvalue weighted by Crippen LogP contribution is 2.27. The first kappa shape index (κ1) is 13.6. The maximum absolute atomic E-state index is 12.4. The molecule has 0 radical (unpaired) electrons. The van der Waals surface area contributed by atoms with E-state index in [2.05, 4.69) is 22.7 Å². The Labute approximate surface area is 122 Å². The van der Waals surface area contributed by atoms with Crippen LogP contribution in [0.4, 0.5) is 0 Å². The molecule has 1 aliphatic heterocycles. The van der Waals surface area contributed by atoms with Gasteiger partial charge in [-0.25, -0.2) is 0 Å². The Morgan fingerprint density at radius 1 is 1.60 bits per heavy atom. The normalized spacial score (nSPS) is 23.1. The fraction of sp³-hybridized carbons (Fsp3) is 0.571. The van der Waals surface area contributed by atoms with Crippen molar-refractivity contribution >= 4 is 27.5 Å². The summed E-state index contributed by atoms with van der Waals surface area (Å²) in [4.78, 5) is 14.2. The van der Waals surface area contributed by atoms with E-state index in [4.69, 9.17) is 0 Å².